The second-order valence-corrected chi connectivity index (χ2v) is 6.31. The van der Waals surface area contributed by atoms with Gasteiger partial charge in [-0.3, -0.25) is 10.1 Å². The van der Waals surface area contributed by atoms with Crippen molar-refractivity contribution in [2.45, 2.75) is 65.3 Å². The van der Waals surface area contributed by atoms with E-state index in [4.69, 9.17) is 4.74 Å². The molecule has 0 bridgehead atoms. The normalized spacial score (nSPS) is 35.6. The third-order valence-electron chi connectivity index (χ3n) is 4.49. The lowest BCUT2D eigenvalue weighted by Gasteiger charge is -2.28. The summed E-state index contributed by atoms with van der Waals surface area (Å²) in [6.45, 7) is 10.2. The van der Waals surface area contributed by atoms with Crippen LogP contribution in [0.2, 0.25) is 0 Å². The first-order chi connectivity index (χ1) is 9.04. The van der Waals surface area contributed by atoms with Crippen molar-refractivity contribution in [3.8, 4) is 0 Å². The van der Waals surface area contributed by atoms with Gasteiger partial charge in [0.25, 0.3) is 0 Å². The minimum Gasteiger partial charge on any atom is -0.378 e. The largest absolute Gasteiger partial charge is 0.378 e. The minimum absolute atomic E-state index is 0.00539. The summed E-state index contributed by atoms with van der Waals surface area (Å²) in [5.74, 6) is 1.14. The Morgan fingerprint density at radius 1 is 1.47 bits per heavy atom. The number of hydrogen-bond acceptors (Lipinski definition) is 3. The lowest BCUT2D eigenvalue weighted by molar-refractivity contribution is -0.131. The zero-order valence-corrected chi connectivity index (χ0v) is 12.7. The van der Waals surface area contributed by atoms with Crippen molar-refractivity contribution < 1.29 is 9.53 Å². The molecule has 0 saturated carbocycles. The molecule has 4 atom stereocenters. The average molecular weight is 268 g/mol. The van der Waals surface area contributed by atoms with Crippen LogP contribution in [-0.4, -0.2) is 42.3 Å². The number of carbonyl (C=O) groups is 1. The van der Waals surface area contributed by atoms with E-state index in [1.54, 1.807) is 0 Å². The van der Waals surface area contributed by atoms with E-state index in [0.29, 0.717) is 11.8 Å². The summed E-state index contributed by atoms with van der Waals surface area (Å²) >= 11 is 0. The second kappa shape index (κ2) is 6.23. The van der Waals surface area contributed by atoms with Gasteiger partial charge in [0.2, 0.25) is 5.91 Å². The fraction of sp³-hybridized carbons (Fsp3) is 0.933. The van der Waals surface area contributed by atoms with Gasteiger partial charge in [0, 0.05) is 19.1 Å². The van der Waals surface area contributed by atoms with Crippen LogP contribution >= 0.6 is 0 Å². The number of nitrogens with zero attached hydrogens (tertiary/aromatic N) is 1. The van der Waals surface area contributed by atoms with Gasteiger partial charge in [-0.2, -0.15) is 0 Å². The molecule has 1 amide bonds. The van der Waals surface area contributed by atoms with E-state index in [2.05, 4.69) is 37.9 Å². The van der Waals surface area contributed by atoms with Crippen LogP contribution in [0.25, 0.3) is 0 Å². The van der Waals surface area contributed by atoms with E-state index < -0.39 is 0 Å². The van der Waals surface area contributed by atoms with Crippen LogP contribution in [0.1, 0.15) is 47.0 Å². The zero-order chi connectivity index (χ0) is 14.0. The van der Waals surface area contributed by atoms with Crippen LogP contribution in [-0.2, 0) is 9.53 Å². The van der Waals surface area contributed by atoms with Gasteiger partial charge in [-0.1, -0.05) is 27.2 Å². The fourth-order valence-electron chi connectivity index (χ4n) is 3.18. The summed E-state index contributed by atoms with van der Waals surface area (Å²) in [7, 11) is 0. The molecule has 2 aliphatic heterocycles. The molecular weight excluding hydrogens is 240 g/mol. The van der Waals surface area contributed by atoms with E-state index in [0.717, 1.165) is 32.4 Å². The van der Waals surface area contributed by atoms with Crippen molar-refractivity contribution in [3.63, 3.8) is 0 Å². The summed E-state index contributed by atoms with van der Waals surface area (Å²) < 4.78 is 5.62. The Labute approximate surface area is 116 Å². The molecule has 2 saturated heterocycles. The summed E-state index contributed by atoms with van der Waals surface area (Å²) in [4.78, 5) is 14.6. The van der Waals surface area contributed by atoms with E-state index in [1.807, 2.05) is 0 Å². The number of hydrogen-bond donors (Lipinski definition) is 1. The van der Waals surface area contributed by atoms with Gasteiger partial charge in [0.15, 0.2) is 0 Å². The number of amides is 1. The molecule has 0 aliphatic carbocycles. The van der Waals surface area contributed by atoms with Crippen molar-refractivity contribution in [2.24, 2.45) is 11.8 Å². The smallest absolute Gasteiger partial charge is 0.241 e. The predicted octanol–water partition coefficient (Wildman–Crippen LogP) is 1.99. The molecule has 0 aromatic heterocycles. The summed E-state index contributed by atoms with van der Waals surface area (Å²) in [5, 5.41) is 3.52. The summed E-state index contributed by atoms with van der Waals surface area (Å²) in [6.07, 6.45) is 3.72. The number of rotatable bonds is 5. The first-order valence-electron chi connectivity index (χ1n) is 7.72. The number of nitrogens with one attached hydrogen (secondary N) is 1. The Bertz CT molecular complexity index is 319. The van der Waals surface area contributed by atoms with Crippen molar-refractivity contribution in [1.29, 1.82) is 0 Å². The molecule has 0 radical (unpaired) electrons. The molecule has 1 N–H and O–H groups in total. The van der Waals surface area contributed by atoms with Crippen molar-refractivity contribution >= 4 is 5.91 Å². The molecule has 110 valence electrons. The highest BCUT2D eigenvalue weighted by Crippen LogP contribution is 2.26. The maximum Gasteiger partial charge on any atom is 0.241 e. The standard InChI is InChI=1S/C15H28N2O2/c1-5-6-13-16-14(10(2)3)15(18)17(13)9-12-7-8-19-11(12)4/h10-14,16H,5-9H2,1-4H3. The van der Waals surface area contributed by atoms with Crippen LogP contribution in [0.15, 0.2) is 0 Å². The monoisotopic (exact) mass is 268 g/mol. The first-order valence-corrected chi connectivity index (χ1v) is 7.72. The third kappa shape index (κ3) is 3.11. The first kappa shape index (κ1) is 14.8. The van der Waals surface area contributed by atoms with E-state index in [1.165, 1.54) is 0 Å². The molecule has 4 nitrogen and oxygen atoms in total. The molecule has 4 unspecified atom stereocenters. The van der Waals surface area contributed by atoms with Crippen molar-refractivity contribution in [1.82, 2.24) is 10.2 Å². The molecule has 4 heteroatoms. The summed E-state index contributed by atoms with van der Waals surface area (Å²) in [5.41, 5.74) is 0. The second-order valence-electron chi connectivity index (χ2n) is 6.31. The van der Waals surface area contributed by atoms with E-state index in [9.17, 15) is 4.79 Å². The Morgan fingerprint density at radius 2 is 2.21 bits per heavy atom. The Balaban J connectivity index is 2.04. The maximum atomic E-state index is 12.5. The molecule has 0 aromatic rings. The highest BCUT2D eigenvalue weighted by molar-refractivity contribution is 5.84. The van der Waals surface area contributed by atoms with Crippen LogP contribution < -0.4 is 5.32 Å². The van der Waals surface area contributed by atoms with Gasteiger partial charge in [0.05, 0.1) is 18.3 Å². The van der Waals surface area contributed by atoms with Gasteiger partial charge in [0.1, 0.15) is 0 Å². The van der Waals surface area contributed by atoms with Crippen molar-refractivity contribution in [2.75, 3.05) is 13.2 Å². The Hall–Kier alpha value is -0.610. The molecular formula is C15H28N2O2. The average Bonchev–Trinajstić information content (AvgIpc) is 2.88. The Kier molecular flexibility index (Phi) is 4.85. The molecule has 2 rings (SSSR count). The number of ether oxygens (including phenoxy) is 1. The molecule has 2 aliphatic rings. The highest BCUT2D eigenvalue weighted by atomic mass is 16.5. The van der Waals surface area contributed by atoms with Gasteiger partial charge in [-0.05, 0) is 25.7 Å². The van der Waals surface area contributed by atoms with Gasteiger partial charge in [-0.15, -0.1) is 0 Å². The predicted molar refractivity (Wildman–Crippen MR) is 75.7 cm³/mol. The van der Waals surface area contributed by atoms with E-state index in [-0.39, 0.29) is 24.2 Å². The molecule has 0 spiro atoms. The molecule has 2 heterocycles. The lowest BCUT2D eigenvalue weighted by Crippen LogP contribution is -2.41. The van der Waals surface area contributed by atoms with Crippen molar-refractivity contribution in [3.05, 3.63) is 0 Å². The minimum atomic E-state index is -0.00539. The topological polar surface area (TPSA) is 41.6 Å². The molecule has 19 heavy (non-hydrogen) atoms. The fourth-order valence-corrected chi connectivity index (χ4v) is 3.18. The van der Waals surface area contributed by atoms with Crippen LogP contribution in [0.4, 0.5) is 0 Å². The van der Waals surface area contributed by atoms with Crippen LogP contribution in [0.5, 0.6) is 0 Å². The highest BCUT2D eigenvalue weighted by Gasteiger charge is 2.41. The quantitative estimate of drug-likeness (QED) is 0.829. The van der Waals surface area contributed by atoms with Gasteiger partial charge in [-0.25, -0.2) is 0 Å². The van der Waals surface area contributed by atoms with Crippen LogP contribution in [0, 0.1) is 11.8 Å². The lowest BCUT2D eigenvalue weighted by atomic mass is 10.0. The molecule has 2 fully saturated rings. The summed E-state index contributed by atoms with van der Waals surface area (Å²) in [6, 6.07) is -0.00539. The molecule has 0 aromatic carbocycles. The number of carbonyl (C=O) groups excluding carboxylic acids is 1. The van der Waals surface area contributed by atoms with Crippen LogP contribution in [0.3, 0.4) is 0 Å². The zero-order valence-electron chi connectivity index (χ0n) is 12.7. The van der Waals surface area contributed by atoms with Gasteiger partial charge < -0.3 is 9.64 Å². The third-order valence-corrected chi connectivity index (χ3v) is 4.49. The van der Waals surface area contributed by atoms with E-state index >= 15 is 0 Å². The SMILES string of the molecule is CCCC1NC(C(C)C)C(=O)N1CC1CCOC1C. The van der Waals surface area contributed by atoms with Gasteiger partial charge >= 0.3 is 0 Å². The maximum absolute atomic E-state index is 12.5. The Morgan fingerprint density at radius 3 is 2.74 bits per heavy atom.